The number of aromatic nitrogens is 1. The summed E-state index contributed by atoms with van der Waals surface area (Å²) in [6.45, 7) is 0. The molecule has 0 spiro atoms. The van der Waals surface area contributed by atoms with Crippen LogP contribution in [0.2, 0.25) is 0 Å². The molecule has 3 nitrogen and oxygen atoms in total. The van der Waals surface area contributed by atoms with Crippen molar-refractivity contribution >= 4 is 17.7 Å². The highest BCUT2D eigenvalue weighted by molar-refractivity contribution is 7.99. The Labute approximate surface area is 110 Å². The van der Waals surface area contributed by atoms with E-state index in [0.717, 1.165) is 22.8 Å². The SMILES string of the molecule is O=C(O)c1cccc(SCCc2ccccn2)c1. The quantitative estimate of drug-likeness (QED) is 0.838. The van der Waals surface area contributed by atoms with Crippen LogP contribution in [0.15, 0.2) is 53.6 Å². The van der Waals surface area contributed by atoms with Crippen molar-refractivity contribution in [2.45, 2.75) is 11.3 Å². The number of carboxylic acids is 1. The fourth-order valence-corrected chi connectivity index (χ4v) is 2.47. The summed E-state index contributed by atoms with van der Waals surface area (Å²) in [5, 5.41) is 8.89. The molecule has 0 radical (unpaired) electrons. The second-order valence-corrected chi connectivity index (χ2v) is 4.92. The molecule has 1 heterocycles. The van der Waals surface area contributed by atoms with Crippen molar-refractivity contribution in [2.24, 2.45) is 0 Å². The number of carboxylic acid groups (broad SMARTS) is 1. The van der Waals surface area contributed by atoms with E-state index in [9.17, 15) is 4.79 Å². The van der Waals surface area contributed by atoms with Crippen molar-refractivity contribution in [1.29, 1.82) is 0 Å². The summed E-state index contributed by atoms with van der Waals surface area (Å²) in [7, 11) is 0. The number of rotatable bonds is 5. The zero-order valence-corrected chi connectivity index (χ0v) is 10.6. The van der Waals surface area contributed by atoms with E-state index in [1.165, 1.54) is 0 Å². The molecule has 0 saturated heterocycles. The van der Waals surface area contributed by atoms with Crippen molar-refractivity contribution in [2.75, 3.05) is 5.75 Å². The fraction of sp³-hybridized carbons (Fsp3) is 0.143. The number of aromatic carboxylic acids is 1. The molecule has 0 aliphatic heterocycles. The van der Waals surface area contributed by atoms with Gasteiger partial charge in [-0.2, -0.15) is 0 Å². The van der Waals surface area contributed by atoms with Crippen LogP contribution in [0.5, 0.6) is 0 Å². The molecular weight excluding hydrogens is 246 g/mol. The largest absolute Gasteiger partial charge is 0.478 e. The number of aryl methyl sites for hydroxylation is 1. The molecule has 92 valence electrons. The van der Waals surface area contributed by atoms with Gasteiger partial charge in [-0.25, -0.2) is 4.79 Å². The van der Waals surface area contributed by atoms with Crippen LogP contribution in [0.1, 0.15) is 16.1 Å². The van der Waals surface area contributed by atoms with Crippen LogP contribution >= 0.6 is 11.8 Å². The molecule has 0 fully saturated rings. The minimum absolute atomic E-state index is 0.331. The predicted octanol–water partition coefficient (Wildman–Crippen LogP) is 3.11. The molecule has 2 aromatic rings. The number of pyridine rings is 1. The molecule has 1 aromatic heterocycles. The van der Waals surface area contributed by atoms with Crippen LogP contribution in [0.25, 0.3) is 0 Å². The van der Waals surface area contributed by atoms with Gasteiger partial charge in [0.2, 0.25) is 0 Å². The third-order valence-electron chi connectivity index (χ3n) is 2.43. The molecule has 0 atom stereocenters. The Kier molecular flexibility index (Phi) is 4.36. The third kappa shape index (κ3) is 3.60. The second kappa shape index (κ2) is 6.21. The predicted molar refractivity (Wildman–Crippen MR) is 72.1 cm³/mol. The molecule has 0 unspecified atom stereocenters. The van der Waals surface area contributed by atoms with Crippen molar-refractivity contribution < 1.29 is 9.90 Å². The molecule has 4 heteroatoms. The Morgan fingerprint density at radius 1 is 1.22 bits per heavy atom. The van der Waals surface area contributed by atoms with E-state index in [4.69, 9.17) is 5.11 Å². The second-order valence-electron chi connectivity index (χ2n) is 3.75. The van der Waals surface area contributed by atoms with E-state index in [0.29, 0.717) is 5.56 Å². The smallest absolute Gasteiger partial charge is 0.335 e. The number of hydrogen-bond acceptors (Lipinski definition) is 3. The first-order chi connectivity index (χ1) is 8.75. The van der Waals surface area contributed by atoms with Crippen molar-refractivity contribution in [3.05, 3.63) is 59.9 Å². The van der Waals surface area contributed by atoms with Gasteiger partial charge in [-0.15, -0.1) is 11.8 Å². The first-order valence-corrected chi connectivity index (χ1v) is 6.60. The maximum atomic E-state index is 10.8. The molecule has 1 aromatic carbocycles. The van der Waals surface area contributed by atoms with Gasteiger partial charge >= 0.3 is 5.97 Å². The van der Waals surface area contributed by atoms with E-state index in [1.54, 1.807) is 36.2 Å². The number of thioether (sulfide) groups is 1. The Morgan fingerprint density at radius 2 is 2.11 bits per heavy atom. The van der Waals surface area contributed by atoms with Gasteiger partial charge < -0.3 is 5.11 Å². The number of carbonyl (C=O) groups is 1. The molecule has 0 saturated carbocycles. The van der Waals surface area contributed by atoms with E-state index in [1.807, 2.05) is 24.3 Å². The average molecular weight is 259 g/mol. The maximum Gasteiger partial charge on any atom is 0.335 e. The van der Waals surface area contributed by atoms with Crippen LogP contribution < -0.4 is 0 Å². The van der Waals surface area contributed by atoms with Gasteiger partial charge in [-0.1, -0.05) is 12.1 Å². The molecule has 0 amide bonds. The Bertz CT molecular complexity index is 528. The van der Waals surface area contributed by atoms with E-state index < -0.39 is 5.97 Å². The lowest BCUT2D eigenvalue weighted by Gasteiger charge is -2.02. The molecule has 18 heavy (non-hydrogen) atoms. The summed E-state index contributed by atoms with van der Waals surface area (Å²) >= 11 is 1.64. The molecule has 1 N–H and O–H groups in total. The molecule has 0 bridgehead atoms. The Balaban J connectivity index is 1.90. The lowest BCUT2D eigenvalue weighted by atomic mass is 10.2. The van der Waals surface area contributed by atoms with E-state index in [2.05, 4.69) is 4.98 Å². The number of hydrogen-bond donors (Lipinski definition) is 1. The van der Waals surface area contributed by atoms with Gasteiger partial charge in [-0.05, 0) is 36.8 Å². The molecule has 0 aliphatic carbocycles. The summed E-state index contributed by atoms with van der Waals surface area (Å²) in [6, 6.07) is 12.9. The summed E-state index contributed by atoms with van der Waals surface area (Å²) in [4.78, 5) is 16.1. The standard InChI is InChI=1S/C14H13NO2S/c16-14(17)11-4-3-6-13(10-11)18-9-7-12-5-1-2-8-15-12/h1-6,8,10H,7,9H2,(H,16,17). The van der Waals surface area contributed by atoms with Crippen LogP contribution in [-0.2, 0) is 6.42 Å². The number of benzene rings is 1. The zero-order valence-electron chi connectivity index (χ0n) is 9.74. The topological polar surface area (TPSA) is 50.2 Å². The summed E-state index contributed by atoms with van der Waals surface area (Å²) in [5.41, 5.74) is 1.39. The van der Waals surface area contributed by atoms with Crippen LogP contribution in [0.4, 0.5) is 0 Å². The first kappa shape index (κ1) is 12.6. The molecule has 2 rings (SSSR count). The highest BCUT2D eigenvalue weighted by Crippen LogP contribution is 2.20. The Hall–Kier alpha value is -1.81. The highest BCUT2D eigenvalue weighted by atomic mass is 32.2. The fourth-order valence-electron chi connectivity index (χ4n) is 1.54. The average Bonchev–Trinajstić information content (AvgIpc) is 2.40. The summed E-state index contributed by atoms with van der Waals surface area (Å²) in [5.74, 6) is 0.00210. The normalized spacial score (nSPS) is 10.2. The van der Waals surface area contributed by atoms with Crippen molar-refractivity contribution in [3.63, 3.8) is 0 Å². The van der Waals surface area contributed by atoms with Crippen molar-refractivity contribution in [1.82, 2.24) is 4.98 Å². The van der Waals surface area contributed by atoms with Crippen molar-refractivity contribution in [3.8, 4) is 0 Å². The third-order valence-corrected chi connectivity index (χ3v) is 3.43. The lowest BCUT2D eigenvalue weighted by molar-refractivity contribution is 0.0696. The minimum Gasteiger partial charge on any atom is -0.478 e. The van der Waals surface area contributed by atoms with Gasteiger partial charge in [0.05, 0.1) is 5.56 Å². The lowest BCUT2D eigenvalue weighted by Crippen LogP contribution is -1.96. The van der Waals surface area contributed by atoms with Gasteiger partial charge in [0, 0.05) is 22.5 Å². The first-order valence-electron chi connectivity index (χ1n) is 5.62. The van der Waals surface area contributed by atoms with Gasteiger partial charge in [0.1, 0.15) is 0 Å². The number of nitrogens with zero attached hydrogens (tertiary/aromatic N) is 1. The summed E-state index contributed by atoms with van der Waals surface area (Å²) in [6.07, 6.45) is 2.66. The molecular formula is C14H13NO2S. The van der Waals surface area contributed by atoms with Crippen LogP contribution in [-0.4, -0.2) is 21.8 Å². The van der Waals surface area contributed by atoms with Gasteiger partial charge in [0.25, 0.3) is 0 Å². The van der Waals surface area contributed by atoms with Gasteiger partial charge in [-0.3, -0.25) is 4.98 Å². The van der Waals surface area contributed by atoms with Crippen LogP contribution in [0.3, 0.4) is 0 Å². The molecule has 0 aliphatic rings. The van der Waals surface area contributed by atoms with Crippen LogP contribution in [0, 0.1) is 0 Å². The highest BCUT2D eigenvalue weighted by Gasteiger charge is 2.03. The van der Waals surface area contributed by atoms with E-state index in [-0.39, 0.29) is 0 Å². The van der Waals surface area contributed by atoms with E-state index >= 15 is 0 Å². The monoisotopic (exact) mass is 259 g/mol. The zero-order chi connectivity index (χ0) is 12.8. The summed E-state index contributed by atoms with van der Waals surface area (Å²) < 4.78 is 0. The minimum atomic E-state index is -0.887. The maximum absolute atomic E-state index is 10.8. The Morgan fingerprint density at radius 3 is 2.83 bits per heavy atom. The van der Waals surface area contributed by atoms with Gasteiger partial charge in [0.15, 0.2) is 0 Å².